The van der Waals surface area contributed by atoms with Gasteiger partial charge < -0.3 is 15.5 Å². The number of nitrogens with one attached hydrogen (secondary N) is 2. The number of rotatable bonds is 9. The average Bonchev–Trinajstić information content (AvgIpc) is 2.78. The summed E-state index contributed by atoms with van der Waals surface area (Å²) >= 11 is 3.31. The number of amides is 1. The van der Waals surface area contributed by atoms with Crippen LogP contribution in [0.3, 0.4) is 0 Å². The Morgan fingerprint density at radius 1 is 1.00 bits per heavy atom. The maximum atomic E-state index is 13.3. The number of hydrogen-bond acceptors (Lipinski definition) is 5. The first kappa shape index (κ1) is 23.6. The molecule has 0 saturated heterocycles. The first-order valence-electron chi connectivity index (χ1n) is 10.1. The predicted octanol–water partition coefficient (Wildman–Crippen LogP) is 4.93. The molecule has 166 valence electrons. The molecule has 3 aromatic carbocycles. The Bertz CT molecular complexity index is 1060. The van der Waals surface area contributed by atoms with E-state index in [1.54, 1.807) is 0 Å². The third-order valence-electron chi connectivity index (χ3n) is 5.14. The molecular formula is C24H25BrN4O3. The van der Waals surface area contributed by atoms with Gasteiger partial charge in [-0.05, 0) is 47.2 Å². The van der Waals surface area contributed by atoms with Crippen molar-refractivity contribution in [3.8, 4) is 0 Å². The van der Waals surface area contributed by atoms with E-state index in [-0.39, 0.29) is 17.6 Å². The average molecular weight is 497 g/mol. The Balaban J connectivity index is 1.82. The lowest BCUT2D eigenvalue weighted by Gasteiger charge is -2.28. The highest BCUT2D eigenvalue weighted by Gasteiger charge is 2.24. The van der Waals surface area contributed by atoms with Gasteiger partial charge in [0.05, 0.1) is 10.6 Å². The molecule has 0 spiro atoms. The van der Waals surface area contributed by atoms with Gasteiger partial charge in [0.2, 0.25) is 5.91 Å². The molecule has 0 heterocycles. The van der Waals surface area contributed by atoms with Gasteiger partial charge in [0, 0.05) is 29.2 Å². The van der Waals surface area contributed by atoms with E-state index in [4.69, 9.17) is 0 Å². The van der Waals surface area contributed by atoms with E-state index in [0.29, 0.717) is 16.7 Å². The minimum Gasteiger partial charge on any atom is -0.323 e. The zero-order valence-corrected chi connectivity index (χ0v) is 19.5. The number of benzene rings is 3. The highest BCUT2D eigenvalue weighted by Crippen LogP contribution is 2.28. The number of hydrogen-bond donors (Lipinski definition) is 2. The molecule has 0 aliphatic rings. The van der Waals surface area contributed by atoms with E-state index in [1.165, 1.54) is 18.2 Å². The van der Waals surface area contributed by atoms with E-state index in [2.05, 4.69) is 43.6 Å². The fourth-order valence-electron chi connectivity index (χ4n) is 3.43. The summed E-state index contributed by atoms with van der Waals surface area (Å²) in [6, 6.07) is 23.3. The Hall–Kier alpha value is -3.07. The number of halogens is 1. The van der Waals surface area contributed by atoms with Crippen LogP contribution in [0.5, 0.6) is 0 Å². The number of carbonyl (C=O) groups is 1. The third kappa shape index (κ3) is 6.00. The zero-order chi connectivity index (χ0) is 23.1. The predicted molar refractivity (Wildman–Crippen MR) is 129 cm³/mol. The maximum Gasteiger partial charge on any atom is 0.270 e. The van der Waals surface area contributed by atoms with Crippen LogP contribution in [0.4, 0.5) is 11.4 Å². The van der Waals surface area contributed by atoms with Crippen molar-refractivity contribution in [1.82, 2.24) is 10.2 Å². The molecule has 2 atom stereocenters. The second-order valence-corrected chi connectivity index (χ2v) is 8.41. The van der Waals surface area contributed by atoms with Gasteiger partial charge in [0.1, 0.15) is 6.04 Å². The van der Waals surface area contributed by atoms with Gasteiger partial charge in [0.25, 0.3) is 5.69 Å². The first-order valence-corrected chi connectivity index (χ1v) is 10.9. The summed E-state index contributed by atoms with van der Waals surface area (Å²) in [7, 11) is 4.01. The molecule has 8 heteroatoms. The zero-order valence-electron chi connectivity index (χ0n) is 17.9. The van der Waals surface area contributed by atoms with Crippen LogP contribution in [0.1, 0.15) is 23.2 Å². The fraction of sp³-hybridized carbons (Fsp3) is 0.208. The van der Waals surface area contributed by atoms with Crippen molar-refractivity contribution in [1.29, 1.82) is 0 Å². The lowest BCUT2D eigenvalue weighted by molar-refractivity contribution is -0.384. The Morgan fingerprint density at radius 3 is 2.12 bits per heavy atom. The Kier molecular flexibility index (Phi) is 8.10. The summed E-state index contributed by atoms with van der Waals surface area (Å²) in [5, 5.41) is 17.3. The summed E-state index contributed by atoms with van der Waals surface area (Å²) in [5.74, 6) is -0.253. The molecule has 2 N–H and O–H groups in total. The summed E-state index contributed by atoms with van der Waals surface area (Å²) in [4.78, 5) is 25.9. The number of nitro benzene ring substituents is 1. The van der Waals surface area contributed by atoms with Crippen LogP contribution in [-0.2, 0) is 4.79 Å². The van der Waals surface area contributed by atoms with Crippen molar-refractivity contribution >= 4 is 33.2 Å². The standard InChI is InChI=1S/C24H25BrN4O3/c1-28(2)22(17-9-5-3-6-10-17)16-26-23(18-11-7-4-8-12-18)24(30)27-21-14-13-19(29(31)32)15-20(21)25/h3-15,22-23,26H,16H2,1-2H3,(H,27,30)/t22-,23-/m0/s1. The van der Waals surface area contributed by atoms with E-state index < -0.39 is 11.0 Å². The molecule has 0 aliphatic heterocycles. The van der Waals surface area contributed by atoms with Crippen molar-refractivity contribution in [3.05, 3.63) is 105 Å². The van der Waals surface area contributed by atoms with Crippen LogP contribution in [-0.4, -0.2) is 36.4 Å². The Labute approximate surface area is 195 Å². The molecule has 0 bridgehead atoms. The monoisotopic (exact) mass is 496 g/mol. The van der Waals surface area contributed by atoms with E-state index in [1.807, 2.05) is 62.6 Å². The molecule has 3 rings (SSSR count). The molecule has 3 aromatic rings. The van der Waals surface area contributed by atoms with E-state index in [9.17, 15) is 14.9 Å². The van der Waals surface area contributed by atoms with Crippen molar-refractivity contribution < 1.29 is 9.72 Å². The maximum absolute atomic E-state index is 13.3. The van der Waals surface area contributed by atoms with Crippen LogP contribution in [0.15, 0.2) is 83.3 Å². The van der Waals surface area contributed by atoms with Crippen LogP contribution >= 0.6 is 15.9 Å². The number of nitrogens with zero attached hydrogens (tertiary/aromatic N) is 2. The summed E-state index contributed by atoms with van der Waals surface area (Å²) in [5.41, 5.74) is 2.39. The number of nitro groups is 1. The quantitative estimate of drug-likeness (QED) is 0.324. The molecule has 1 amide bonds. The van der Waals surface area contributed by atoms with Gasteiger partial charge >= 0.3 is 0 Å². The summed E-state index contributed by atoms with van der Waals surface area (Å²) in [6.45, 7) is 0.547. The second-order valence-electron chi connectivity index (χ2n) is 7.55. The van der Waals surface area contributed by atoms with Crippen molar-refractivity contribution in [3.63, 3.8) is 0 Å². The van der Waals surface area contributed by atoms with Crippen molar-refractivity contribution in [2.45, 2.75) is 12.1 Å². The highest BCUT2D eigenvalue weighted by atomic mass is 79.9. The molecular weight excluding hydrogens is 472 g/mol. The lowest BCUT2D eigenvalue weighted by atomic mass is 10.0. The Morgan fingerprint density at radius 2 is 1.59 bits per heavy atom. The smallest absolute Gasteiger partial charge is 0.270 e. The molecule has 0 radical (unpaired) electrons. The fourth-order valence-corrected chi connectivity index (χ4v) is 3.90. The van der Waals surface area contributed by atoms with Crippen LogP contribution in [0, 0.1) is 10.1 Å². The highest BCUT2D eigenvalue weighted by molar-refractivity contribution is 9.10. The molecule has 0 aromatic heterocycles. The van der Waals surface area contributed by atoms with Crippen LogP contribution < -0.4 is 10.6 Å². The summed E-state index contributed by atoms with van der Waals surface area (Å²) in [6.07, 6.45) is 0. The minimum atomic E-state index is -0.607. The second kappa shape index (κ2) is 11.0. The largest absolute Gasteiger partial charge is 0.323 e. The molecule has 0 saturated carbocycles. The van der Waals surface area contributed by atoms with Gasteiger partial charge in [0.15, 0.2) is 0 Å². The van der Waals surface area contributed by atoms with Gasteiger partial charge in [-0.2, -0.15) is 0 Å². The summed E-state index contributed by atoms with van der Waals surface area (Å²) < 4.78 is 0.447. The molecule has 0 unspecified atom stereocenters. The van der Waals surface area contributed by atoms with Crippen LogP contribution in [0.25, 0.3) is 0 Å². The molecule has 0 fully saturated rings. The first-order chi connectivity index (χ1) is 15.4. The molecule has 7 nitrogen and oxygen atoms in total. The minimum absolute atomic E-state index is 0.0516. The number of likely N-dealkylation sites (N-methyl/N-ethyl adjacent to an activating group) is 1. The van der Waals surface area contributed by atoms with E-state index in [0.717, 1.165) is 11.1 Å². The number of anilines is 1. The normalized spacial score (nSPS) is 12.9. The molecule has 32 heavy (non-hydrogen) atoms. The topological polar surface area (TPSA) is 87.5 Å². The number of non-ortho nitro benzene ring substituents is 1. The number of carbonyl (C=O) groups excluding carboxylic acids is 1. The van der Waals surface area contributed by atoms with Crippen LogP contribution in [0.2, 0.25) is 0 Å². The van der Waals surface area contributed by atoms with Crippen molar-refractivity contribution in [2.24, 2.45) is 0 Å². The SMILES string of the molecule is CN(C)[C@@H](CN[C@H](C(=O)Nc1ccc([N+](=O)[O-])cc1Br)c1ccccc1)c1ccccc1. The van der Waals surface area contributed by atoms with Gasteiger partial charge in [-0.3, -0.25) is 14.9 Å². The molecule has 0 aliphatic carbocycles. The van der Waals surface area contributed by atoms with E-state index >= 15 is 0 Å². The van der Waals surface area contributed by atoms with Gasteiger partial charge in [-0.15, -0.1) is 0 Å². The lowest BCUT2D eigenvalue weighted by Crippen LogP contribution is -2.38. The van der Waals surface area contributed by atoms with Crippen molar-refractivity contribution in [2.75, 3.05) is 26.0 Å². The third-order valence-corrected chi connectivity index (χ3v) is 5.80. The van der Waals surface area contributed by atoms with Gasteiger partial charge in [-0.25, -0.2) is 0 Å². The van der Waals surface area contributed by atoms with Gasteiger partial charge in [-0.1, -0.05) is 60.7 Å².